The van der Waals surface area contributed by atoms with Crippen molar-refractivity contribution in [1.29, 1.82) is 0 Å². The van der Waals surface area contributed by atoms with Crippen LogP contribution in [0.25, 0.3) is 331 Å². The minimum atomic E-state index is 0.667. The minimum Gasteiger partial charge on any atom is -0.456 e. The summed E-state index contributed by atoms with van der Waals surface area (Å²) < 4.78 is 28.7. The topological polar surface area (TPSA) is 111 Å². The maximum atomic E-state index is 6.45. The maximum absolute atomic E-state index is 6.45. The second-order valence-corrected chi connectivity index (χ2v) is 39.1. The van der Waals surface area contributed by atoms with Gasteiger partial charge in [-0.2, -0.15) is 0 Å². The Labute approximate surface area is 837 Å². The molecule has 147 heavy (non-hydrogen) atoms. The molecule has 0 unspecified atom stereocenters. The summed E-state index contributed by atoms with van der Waals surface area (Å²) in [5.74, 6) is 1.49. The SMILES string of the molecule is c1cc2c3c(c1)ccc1c3c3c(cccc3n1-c1ccc(-c3ccc(-n4c5ccccc5c5ccccc54)cc3)cc1)-c1cc3oc4ccccc4c3cc1-2.c1ccc(-c2nc(-n3c4cccc5c4c4c6c(cccc6ccc43)-c3cc4c(cc3-5)oc3ccccc34)nc3ccccc23)cc1.c1ccc(-c2nc3ccccc3nc2-n2c3cccc4c3c3c5c(cccc5ccc32)-c2cc3c(cc2-4)oc2ccccc23)cc1. The summed E-state index contributed by atoms with van der Waals surface area (Å²) in [6.45, 7) is 0. The Kier molecular flexibility index (Phi) is 16.5. The summed E-state index contributed by atoms with van der Waals surface area (Å²) in [7, 11) is 0. The fraction of sp³-hybridized carbons (Fsp3) is 0. The van der Waals surface area contributed by atoms with Crippen LogP contribution in [-0.4, -0.2) is 38.2 Å². The van der Waals surface area contributed by atoms with Crippen LogP contribution in [0.2, 0.25) is 0 Å². The van der Waals surface area contributed by atoms with Gasteiger partial charge in [-0.1, -0.05) is 315 Å². The van der Waals surface area contributed by atoms with Crippen LogP contribution in [0, 0.1) is 0 Å². The lowest BCUT2D eigenvalue weighted by Crippen LogP contribution is -2.03. The van der Waals surface area contributed by atoms with Crippen LogP contribution < -0.4 is 0 Å². The van der Waals surface area contributed by atoms with E-state index in [4.69, 9.17) is 33.2 Å². The highest BCUT2D eigenvalue weighted by atomic mass is 16.3. The van der Waals surface area contributed by atoms with Gasteiger partial charge in [-0.05, 0) is 256 Å². The van der Waals surface area contributed by atoms with Crippen LogP contribution in [0.4, 0.5) is 0 Å². The number of furan rings is 3. The third-order valence-electron chi connectivity index (χ3n) is 31.5. The van der Waals surface area contributed by atoms with E-state index in [1.54, 1.807) is 0 Å². The highest BCUT2D eigenvalue weighted by molar-refractivity contribution is 6.35. The number of nitrogens with zero attached hydrogens (tertiary/aromatic N) is 8. The number of rotatable bonds is 7. The molecule has 0 saturated heterocycles. The Morgan fingerprint density at radius 3 is 0.925 bits per heavy atom. The zero-order valence-corrected chi connectivity index (χ0v) is 78.7. The summed E-state index contributed by atoms with van der Waals surface area (Å²) in [6, 6.07) is 165. The number of hydrogen-bond donors (Lipinski definition) is 0. The van der Waals surface area contributed by atoms with E-state index in [2.05, 4.69) is 413 Å². The van der Waals surface area contributed by atoms with Crippen molar-refractivity contribution in [3.05, 3.63) is 461 Å². The van der Waals surface area contributed by atoms with Crippen molar-refractivity contribution in [2.45, 2.75) is 0 Å². The largest absolute Gasteiger partial charge is 0.456 e. The van der Waals surface area contributed by atoms with E-state index in [1.807, 2.05) is 66.7 Å². The van der Waals surface area contributed by atoms with Crippen LogP contribution in [-0.2, 0) is 0 Å². The first-order valence-electron chi connectivity index (χ1n) is 50.1. The van der Waals surface area contributed by atoms with E-state index in [0.717, 1.165) is 150 Å². The Hall–Kier alpha value is -19.9. The van der Waals surface area contributed by atoms with E-state index < -0.39 is 0 Å². The van der Waals surface area contributed by atoms with Gasteiger partial charge in [-0.15, -0.1) is 0 Å². The van der Waals surface area contributed by atoms with Gasteiger partial charge < -0.3 is 22.4 Å². The summed E-state index contributed by atoms with van der Waals surface area (Å²) in [4.78, 5) is 21.1. The molecule has 3 aliphatic carbocycles. The second kappa shape index (κ2) is 30.3. The van der Waals surface area contributed by atoms with E-state index in [-0.39, 0.29) is 0 Å². The Bertz CT molecular complexity index is 11400. The zero-order chi connectivity index (χ0) is 95.6. The van der Waals surface area contributed by atoms with Gasteiger partial charge in [-0.25, -0.2) is 19.9 Å². The van der Waals surface area contributed by atoms with Gasteiger partial charge >= 0.3 is 0 Å². The number of benzene rings is 23. The first kappa shape index (κ1) is 79.9. The normalized spacial score (nSPS) is 12.4. The molecule has 0 aliphatic heterocycles. The second-order valence-electron chi connectivity index (χ2n) is 39.1. The highest BCUT2D eigenvalue weighted by Crippen LogP contribution is 2.57. The highest BCUT2D eigenvalue weighted by Gasteiger charge is 2.34. The third-order valence-corrected chi connectivity index (χ3v) is 31.5. The van der Waals surface area contributed by atoms with Gasteiger partial charge in [0.05, 0.1) is 66.4 Å². The predicted octanol–water partition coefficient (Wildman–Crippen LogP) is 36.4. The van der Waals surface area contributed by atoms with Gasteiger partial charge in [0.1, 0.15) is 39.2 Å². The Morgan fingerprint density at radius 1 is 0.156 bits per heavy atom. The standard InChI is InChI=1S/C52H30N2O.2C42H23N3O/c1-4-15-44-36(10-1)37-11-2-5-16-45(37)53(44)34-24-19-31(20-25-34)32-21-26-35(27-22-32)54-46-17-8-14-40-42-30-49-43(38-12-3-6-18-48(38)55-49)29-41(42)39-13-7-9-33-23-28-47(54)52(50(33)39)51(40)46;1-2-10-25(11-3-1)41-42(44-33-17-6-5-16-32(33)43-41)45-34-18-9-15-28-30-23-37-31(26-13-4-7-19-36(26)46-37)22-29(30)27-14-8-12-24-20-21-35(45)40(38(24)27)39(28)34;1-2-10-25(11-3-1)41-29-14-4-6-17-33(29)43-42(44-41)45-34-18-9-16-28-31-23-37-32(26-13-5-7-19-36(26)46-37)22-30(31)27-15-8-12-24-20-21-35(45)40(38(24)27)39(28)34/h1-30H;2*1-23H. The first-order chi connectivity index (χ1) is 72.9. The molecule has 0 N–H and O–H groups in total. The molecule has 35 rings (SSSR count). The molecule has 32 aromatic rings. The number of hydrogen-bond acceptors (Lipinski definition) is 7. The lowest BCUT2D eigenvalue weighted by molar-refractivity contribution is 0.668. The van der Waals surface area contributed by atoms with E-state index >= 15 is 0 Å². The summed E-state index contributed by atoms with van der Waals surface area (Å²) >= 11 is 0. The summed E-state index contributed by atoms with van der Waals surface area (Å²) in [5, 5.41) is 25.5. The maximum Gasteiger partial charge on any atom is 0.235 e. The van der Waals surface area contributed by atoms with Crippen LogP contribution in [0.1, 0.15) is 0 Å². The molecule has 0 atom stereocenters. The predicted molar refractivity (Wildman–Crippen MR) is 607 cm³/mol. The molecule has 9 aromatic heterocycles. The molecule has 11 heteroatoms. The molecule has 0 amide bonds. The molecular weight excluding hydrogens is 1790 g/mol. The lowest BCUT2D eigenvalue weighted by Gasteiger charge is -2.16. The number of para-hydroxylation sites is 8. The van der Waals surface area contributed by atoms with Crippen molar-refractivity contribution in [2.75, 3.05) is 0 Å². The Morgan fingerprint density at radius 2 is 0.476 bits per heavy atom. The van der Waals surface area contributed by atoms with Crippen molar-refractivity contribution < 1.29 is 13.3 Å². The fourth-order valence-electron chi connectivity index (χ4n) is 25.2. The third kappa shape index (κ3) is 11.4. The number of aromatic nitrogens is 8. The quantitative estimate of drug-likeness (QED) is 0.156. The molecule has 0 bridgehead atoms. The molecule has 11 nitrogen and oxygen atoms in total. The minimum absolute atomic E-state index is 0.667. The average molecular weight is 1870 g/mol. The summed E-state index contributed by atoms with van der Waals surface area (Å²) in [6.07, 6.45) is 0. The molecule has 0 spiro atoms. The van der Waals surface area contributed by atoms with Crippen molar-refractivity contribution in [2.24, 2.45) is 0 Å². The average Bonchev–Trinajstić information content (AvgIpc) is 1.54. The number of fused-ring (bicyclic) bond motifs is 23. The van der Waals surface area contributed by atoms with E-state index in [1.165, 1.54) is 175 Å². The van der Waals surface area contributed by atoms with Gasteiger partial charge in [-0.3, -0.25) is 9.13 Å². The van der Waals surface area contributed by atoms with E-state index in [9.17, 15) is 0 Å². The molecule has 0 saturated carbocycles. The molecule has 9 heterocycles. The van der Waals surface area contributed by atoms with Gasteiger partial charge in [0.25, 0.3) is 0 Å². The van der Waals surface area contributed by atoms with Gasteiger partial charge in [0.2, 0.25) is 5.95 Å². The molecule has 23 aromatic carbocycles. The first-order valence-corrected chi connectivity index (χ1v) is 50.1. The molecule has 0 fully saturated rings. The van der Waals surface area contributed by atoms with Gasteiger partial charge in [0.15, 0.2) is 5.82 Å². The zero-order valence-electron chi connectivity index (χ0n) is 78.7. The van der Waals surface area contributed by atoms with Gasteiger partial charge in [0, 0.05) is 103 Å². The smallest absolute Gasteiger partial charge is 0.235 e. The monoisotopic (exact) mass is 1870 g/mol. The van der Waals surface area contributed by atoms with Crippen LogP contribution in [0.5, 0.6) is 0 Å². The Balaban J connectivity index is 0.0000000967. The molecule has 3 aliphatic rings. The van der Waals surface area contributed by atoms with Crippen LogP contribution in [0.15, 0.2) is 474 Å². The molecule has 0 radical (unpaired) electrons. The lowest BCUT2D eigenvalue weighted by atomic mass is 9.92. The van der Waals surface area contributed by atoms with Crippen molar-refractivity contribution in [3.8, 4) is 124 Å². The van der Waals surface area contributed by atoms with Crippen molar-refractivity contribution >= 4 is 207 Å². The van der Waals surface area contributed by atoms with Crippen molar-refractivity contribution in [3.63, 3.8) is 0 Å². The summed E-state index contributed by atoms with van der Waals surface area (Å²) in [5.41, 5.74) is 40.6. The molecular formula is C136H76N8O3. The van der Waals surface area contributed by atoms with Crippen molar-refractivity contribution in [1.82, 2.24) is 38.2 Å². The fourth-order valence-corrected chi connectivity index (χ4v) is 25.2. The van der Waals surface area contributed by atoms with E-state index in [0.29, 0.717) is 5.95 Å². The van der Waals surface area contributed by atoms with Crippen LogP contribution in [0.3, 0.4) is 0 Å². The van der Waals surface area contributed by atoms with Crippen LogP contribution >= 0.6 is 0 Å². The molecule has 678 valence electrons.